The van der Waals surface area contributed by atoms with Gasteiger partial charge in [0.05, 0.1) is 6.10 Å². The highest BCUT2D eigenvalue weighted by molar-refractivity contribution is 6.00. The van der Waals surface area contributed by atoms with E-state index in [9.17, 15) is 28.0 Å². The normalized spacial score (nSPS) is 16.6. The highest BCUT2D eigenvalue weighted by atomic mass is 19.1. The molecule has 204 valence electrons. The van der Waals surface area contributed by atoms with Gasteiger partial charge in [0.1, 0.15) is 29.4 Å². The molecule has 5 N–H and O–H groups in total. The number of carbonyl (C=O) groups is 4. The van der Waals surface area contributed by atoms with E-state index in [-0.39, 0.29) is 6.54 Å². The number of methoxy groups -OCH3 is 1. The van der Waals surface area contributed by atoms with Crippen molar-refractivity contribution in [2.75, 3.05) is 25.2 Å². The van der Waals surface area contributed by atoms with Crippen molar-refractivity contribution in [2.24, 2.45) is 0 Å². The van der Waals surface area contributed by atoms with Crippen LogP contribution in [0.1, 0.15) is 31.0 Å². The van der Waals surface area contributed by atoms with Gasteiger partial charge in [0.15, 0.2) is 6.10 Å². The fourth-order valence-corrected chi connectivity index (χ4v) is 3.99. The Bertz CT molecular complexity index is 1220. The van der Waals surface area contributed by atoms with E-state index in [0.29, 0.717) is 16.8 Å². The van der Waals surface area contributed by atoms with Gasteiger partial charge in [0, 0.05) is 26.4 Å². The summed E-state index contributed by atoms with van der Waals surface area (Å²) in [6.45, 7) is 2.79. The van der Waals surface area contributed by atoms with Gasteiger partial charge in [-0.25, -0.2) is 13.6 Å². The standard InChI is InChI=1S/C25H29F2N5O6/c1-12(37-4)19(30-22(33)13(2)38-25(36)29-3)24(35)32-11-14-8-9-15(28)10-16(14)21(32)23(34)31-20-17(26)6-5-7-18(20)27/h5-10,12-13,19,21H,11,28H2,1-4H3,(H,29,36)(H,30,33)(H,31,34)/t12?,13?,19?,21-/m0/s1. The maximum absolute atomic E-state index is 14.3. The molecule has 1 aliphatic rings. The number of amides is 4. The predicted molar refractivity (Wildman–Crippen MR) is 133 cm³/mol. The van der Waals surface area contributed by atoms with Crippen LogP contribution >= 0.6 is 0 Å². The Balaban J connectivity index is 1.94. The van der Waals surface area contributed by atoms with Gasteiger partial charge in [-0.15, -0.1) is 0 Å². The number of nitrogens with two attached hydrogens (primary N) is 1. The summed E-state index contributed by atoms with van der Waals surface area (Å²) in [4.78, 5) is 52.5. The van der Waals surface area contributed by atoms with E-state index in [2.05, 4.69) is 16.0 Å². The SMILES string of the molecule is CNC(=O)OC(C)C(=O)NC(C(=O)N1Cc2ccc(N)cc2[C@H]1C(=O)Nc1c(F)cccc1F)C(C)OC. The van der Waals surface area contributed by atoms with Crippen molar-refractivity contribution in [2.45, 2.75) is 44.7 Å². The minimum absolute atomic E-state index is 0.0562. The average Bonchev–Trinajstić information content (AvgIpc) is 3.26. The summed E-state index contributed by atoms with van der Waals surface area (Å²) in [7, 11) is 2.65. The third-order valence-corrected chi connectivity index (χ3v) is 6.12. The first-order valence-corrected chi connectivity index (χ1v) is 11.6. The van der Waals surface area contributed by atoms with Gasteiger partial charge in [-0.1, -0.05) is 12.1 Å². The van der Waals surface area contributed by atoms with Gasteiger partial charge in [-0.05, 0) is 49.2 Å². The molecule has 38 heavy (non-hydrogen) atoms. The molecule has 3 rings (SSSR count). The molecule has 2 aromatic rings. The number of fused-ring (bicyclic) bond motifs is 1. The minimum atomic E-state index is -1.33. The molecule has 0 aromatic heterocycles. The molecular weight excluding hydrogens is 504 g/mol. The topological polar surface area (TPSA) is 152 Å². The second kappa shape index (κ2) is 11.9. The van der Waals surface area contributed by atoms with Crippen LogP contribution in [0.5, 0.6) is 0 Å². The van der Waals surface area contributed by atoms with Crippen LogP contribution < -0.4 is 21.7 Å². The molecule has 13 heteroatoms. The number of anilines is 2. The van der Waals surface area contributed by atoms with Crippen LogP contribution in [0.2, 0.25) is 0 Å². The summed E-state index contributed by atoms with van der Waals surface area (Å²) >= 11 is 0. The number of nitrogens with one attached hydrogen (secondary N) is 3. The van der Waals surface area contributed by atoms with Crippen LogP contribution in [0.4, 0.5) is 25.0 Å². The number of alkyl carbamates (subject to hydrolysis) is 1. The first-order valence-electron chi connectivity index (χ1n) is 11.6. The largest absolute Gasteiger partial charge is 0.436 e. The summed E-state index contributed by atoms with van der Waals surface area (Å²) in [6.07, 6.45) is -2.98. The van der Waals surface area contributed by atoms with Crippen molar-refractivity contribution >= 4 is 35.2 Å². The lowest BCUT2D eigenvalue weighted by atomic mass is 10.0. The zero-order valence-corrected chi connectivity index (χ0v) is 21.2. The molecular formula is C25H29F2N5O6. The predicted octanol–water partition coefficient (Wildman–Crippen LogP) is 1.83. The lowest BCUT2D eigenvalue weighted by molar-refractivity contribution is -0.146. The third-order valence-electron chi connectivity index (χ3n) is 6.12. The molecule has 2 aromatic carbocycles. The molecule has 0 radical (unpaired) electrons. The number of halogens is 2. The fourth-order valence-electron chi connectivity index (χ4n) is 3.99. The molecule has 0 spiro atoms. The smallest absolute Gasteiger partial charge is 0.407 e. The van der Waals surface area contributed by atoms with E-state index < -0.39 is 65.4 Å². The Hall–Kier alpha value is -4.26. The van der Waals surface area contributed by atoms with E-state index in [1.54, 1.807) is 12.1 Å². The molecule has 4 amide bonds. The fraction of sp³-hybridized carbons (Fsp3) is 0.360. The number of benzene rings is 2. The van der Waals surface area contributed by atoms with E-state index in [0.717, 1.165) is 23.1 Å². The monoisotopic (exact) mass is 533 g/mol. The van der Waals surface area contributed by atoms with Crippen molar-refractivity contribution in [3.63, 3.8) is 0 Å². The van der Waals surface area contributed by atoms with Crippen LogP contribution in [-0.2, 0) is 30.4 Å². The molecule has 0 fully saturated rings. The second-order valence-corrected chi connectivity index (χ2v) is 8.64. The zero-order valence-electron chi connectivity index (χ0n) is 21.2. The number of hydrogen-bond donors (Lipinski definition) is 4. The molecule has 0 saturated carbocycles. The number of nitrogen functional groups attached to an aromatic ring is 1. The lowest BCUT2D eigenvalue weighted by Crippen LogP contribution is -2.56. The van der Waals surface area contributed by atoms with Gasteiger partial charge in [0.25, 0.3) is 11.8 Å². The van der Waals surface area contributed by atoms with Crippen molar-refractivity contribution in [1.29, 1.82) is 0 Å². The Kier molecular flexibility index (Phi) is 8.84. The van der Waals surface area contributed by atoms with Crippen molar-refractivity contribution < 1.29 is 37.4 Å². The molecule has 1 aliphatic heterocycles. The van der Waals surface area contributed by atoms with Crippen LogP contribution in [-0.4, -0.2) is 61.1 Å². The summed E-state index contributed by atoms with van der Waals surface area (Å²) < 4.78 is 38.7. The van der Waals surface area contributed by atoms with Crippen molar-refractivity contribution in [1.82, 2.24) is 15.5 Å². The number of rotatable bonds is 8. The highest BCUT2D eigenvalue weighted by Crippen LogP contribution is 2.37. The number of ether oxygens (including phenoxy) is 2. The summed E-state index contributed by atoms with van der Waals surface area (Å²) in [6, 6.07) is 5.19. The van der Waals surface area contributed by atoms with Gasteiger partial charge >= 0.3 is 6.09 Å². The lowest BCUT2D eigenvalue weighted by Gasteiger charge is -2.31. The molecule has 4 atom stereocenters. The summed E-state index contributed by atoms with van der Waals surface area (Å²) in [5.74, 6) is -4.39. The van der Waals surface area contributed by atoms with Crippen molar-refractivity contribution in [3.8, 4) is 0 Å². The maximum atomic E-state index is 14.3. The Morgan fingerprint density at radius 1 is 1.11 bits per heavy atom. The Labute approximate surface area is 217 Å². The van der Waals surface area contributed by atoms with Crippen molar-refractivity contribution in [3.05, 3.63) is 59.2 Å². The van der Waals surface area contributed by atoms with Crippen LogP contribution in [0.3, 0.4) is 0 Å². The first-order chi connectivity index (χ1) is 18.0. The van der Waals surface area contributed by atoms with Gasteiger partial charge in [0.2, 0.25) is 5.91 Å². The van der Waals surface area contributed by atoms with Crippen LogP contribution in [0.15, 0.2) is 36.4 Å². The molecule has 0 aliphatic carbocycles. The molecule has 11 nitrogen and oxygen atoms in total. The quantitative estimate of drug-likeness (QED) is 0.378. The van der Waals surface area contributed by atoms with E-state index in [4.69, 9.17) is 15.2 Å². The van der Waals surface area contributed by atoms with E-state index >= 15 is 0 Å². The van der Waals surface area contributed by atoms with E-state index in [1.165, 1.54) is 34.1 Å². The third kappa shape index (κ3) is 5.99. The maximum Gasteiger partial charge on any atom is 0.407 e. The Morgan fingerprint density at radius 2 is 1.76 bits per heavy atom. The first kappa shape index (κ1) is 28.3. The highest BCUT2D eigenvalue weighted by Gasteiger charge is 2.43. The molecule has 3 unspecified atom stereocenters. The number of carbonyl (C=O) groups excluding carboxylic acids is 4. The Morgan fingerprint density at radius 3 is 2.37 bits per heavy atom. The molecule has 0 bridgehead atoms. The van der Waals surface area contributed by atoms with Crippen LogP contribution in [0, 0.1) is 11.6 Å². The van der Waals surface area contributed by atoms with Crippen LogP contribution in [0.25, 0.3) is 0 Å². The van der Waals surface area contributed by atoms with Gasteiger partial charge in [-0.3, -0.25) is 14.4 Å². The summed E-state index contributed by atoms with van der Waals surface area (Å²) in [5.41, 5.74) is 6.49. The number of hydrogen-bond acceptors (Lipinski definition) is 7. The van der Waals surface area contributed by atoms with Gasteiger partial charge in [-0.2, -0.15) is 0 Å². The molecule has 0 saturated heterocycles. The summed E-state index contributed by atoms with van der Waals surface area (Å²) in [5, 5.41) is 6.95. The van der Waals surface area contributed by atoms with E-state index in [1.807, 2.05) is 0 Å². The second-order valence-electron chi connectivity index (χ2n) is 8.64. The van der Waals surface area contributed by atoms with Gasteiger partial charge < -0.3 is 36.1 Å². The average molecular weight is 534 g/mol. The number of para-hydroxylation sites is 1. The number of nitrogens with zero attached hydrogens (tertiary/aromatic N) is 1. The molecule has 1 heterocycles. The zero-order chi connectivity index (χ0) is 28.1. The minimum Gasteiger partial charge on any atom is -0.436 e.